The van der Waals surface area contributed by atoms with E-state index in [4.69, 9.17) is 0 Å². The van der Waals surface area contributed by atoms with Crippen molar-refractivity contribution in [1.29, 1.82) is 0 Å². The minimum Gasteiger partial charge on any atom is -0.395 e. The van der Waals surface area contributed by atoms with Crippen LogP contribution in [-0.2, 0) is 5.41 Å². The van der Waals surface area contributed by atoms with Gasteiger partial charge in [-0.05, 0) is 29.8 Å². The molecule has 0 aromatic heterocycles. The maximum Gasteiger partial charge on any atom is 0.123 e. The highest BCUT2D eigenvalue weighted by Gasteiger charge is 2.27. The van der Waals surface area contributed by atoms with Crippen molar-refractivity contribution in [3.8, 4) is 0 Å². The van der Waals surface area contributed by atoms with E-state index in [0.717, 1.165) is 11.3 Å². The number of aliphatic hydroxyl groups excluding tert-OH is 1. The molecule has 2 aromatic rings. The first-order valence-electron chi connectivity index (χ1n) is 6.68. The van der Waals surface area contributed by atoms with Crippen molar-refractivity contribution in [2.45, 2.75) is 12.3 Å². The Hall–Kier alpha value is -1.87. The average molecular weight is 273 g/mol. The van der Waals surface area contributed by atoms with Crippen molar-refractivity contribution in [3.63, 3.8) is 0 Å². The zero-order valence-corrected chi connectivity index (χ0v) is 11.9. The van der Waals surface area contributed by atoms with Crippen LogP contribution >= 0.6 is 0 Å². The number of aliphatic hydroxyl groups is 1. The van der Waals surface area contributed by atoms with Gasteiger partial charge in [0.05, 0.1) is 6.61 Å². The molecule has 106 valence electrons. The van der Waals surface area contributed by atoms with Crippen LogP contribution in [0.5, 0.6) is 0 Å². The summed E-state index contributed by atoms with van der Waals surface area (Å²) in [6.07, 6.45) is 0. The number of hydrogen-bond acceptors (Lipinski definition) is 2. The van der Waals surface area contributed by atoms with E-state index >= 15 is 0 Å². The zero-order chi connectivity index (χ0) is 14.6. The van der Waals surface area contributed by atoms with Gasteiger partial charge in [-0.25, -0.2) is 4.39 Å². The van der Waals surface area contributed by atoms with E-state index in [1.807, 2.05) is 49.2 Å². The minimum atomic E-state index is -0.357. The molecule has 1 atom stereocenters. The highest BCUT2D eigenvalue weighted by Crippen LogP contribution is 2.26. The zero-order valence-electron chi connectivity index (χ0n) is 11.9. The number of benzene rings is 2. The van der Waals surface area contributed by atoms with Crippen molar-refractivity contribution < 1.29 is 9.50 Å². The summed E-state index contributed by atoms with van der Waals surface area (Å²) in [6.45, 7) is 2.74. The molecule has 1 unspecified atom stereocenters. The van der Waals surface area contributed by atoms with E-state index < -0.39 is 0 Å². The topological polar surface area (TPSA) is 23.5 Å². The molecule has 0 heterocycles. The number of rotatable bonds is 5. The molecule has 0 spiro atoms. The fourth-order valence-electron chi connectivity index (χ4n) is 2.38. The minimum absolute atomic E-state index is 0.0581. The molecule has 0 amide bonds. The number of anilines is 1. The summed E-state index contributed by atoms with van der Waals surface area (Å²) in [6, 6.07) is 16.3. The van der Waals surface area contributed by atoms with Crippen LogP contribution in [-0.4, -0.2) is 25.3 Å². The Morgan fingerprint density at radius 1 is 1.05 bits per heavy atom. The number of nitrogens with zero attached hydrogens (tertiary/aromatic N) is 1. The maximum atomic E-state index is 13.0. The van der Waals surface area contributed by atoms with E-state index in [0.29, 0.717) is 6.54 Å². The monoisotopic (exact) mass is 273 g/mol. The Labute approximate surface area is 119 Å². The quantitative estimate of drug-likeness (QED) is 0.904. The predicted molar refractivity (Wildman–Crippen MR) is 80.5 cm³/mol. The first kappa shape index (κ1) is 14.5. The molecular formula is C17H20FNO. The standard InChI is InChI=1S/C17H20FNO/c1-17(13-20,14-6-4-3-5-7-14)12-19(2)16-10-8-15(18)9-11-16/h3-11,20H,12-13H2,1-2H3. The molecule has 0 fully saturated rings. The van der Waals surface area contributed by atoms with Gasteiger partial charge >= 0.3 is 0 Å². The van der Waals surface area contributed by atoms with Crippen molar-refractivity contribution in [2.24, 2.45) is 0 Å². The van der Waals surface area contributed by atoms with Gasteiger partial charge in [-0.1, -0.05) is 37.3 Å². The Morgan fingerprint density at radius 2 is 1.65 bits per heavy atom. The Morgan fingerprint density at radius 3 is 2.20 bits per heavy atom. The van der Waals surface area contributed by atoms with E-state index in [9.17, 15) is 9.50 Å². The molecule has 3 heteroatoms. The van der Waals surface area contributed by atoms with Gasteiger partial charge in [-0.2, -0.15) is 0 Å². The number of hydrogen-bond donors (Lipinski definition) is 1. The van der Waals surface area contributed by atoms with Gasteiger partial charge in [0.15, 0.2) is 0 Å². The Bertz CT molecular complexity index is 541. The van der Waals surface area contributed by atoms with Gasteiger partial charge in [0, 0.05) is 24.7 Å². The average Bonchev–Trinajstić information content (AvgIpc) is 2.48. The molecule has 0 aliphatic carbocycles. The SMILES string of the molecule is CN(CC(C)(CO)c1ccccc1)c1ccc(F)cc1. The lowest BCUT2D eigenvalue weighted by Gasteiger charge is -2.34. The molecule has 2 rings (SSSR count). The molecule has 2 aromatic carbocycles. The normalized spacial score (nSPS) is 13.8. The molecule has 1 N–H and O–H groups in total. The second-order valence-corrected chi connectivity index (χ2v) is 5.42. The second kappa shape index (κ2) is 6.06. The molecule has 2 nitrogen and oxygen atoms in total. The molecule has 0 aliphatic rings. The molecule has 0 saturated heterocycles. The maximum absolute atomic E-state index is 13.0. The third-order valence-electron chi connectivity index (χ3n) is 3.67. The van der Waals surface area contributed by atoms with Crippen molar-refractivity contribution in [2.75, 3.05) is 25.1 Å². The second-order valence-electron chi connectivity index (χ2n) is 5.42. The molecule has 0 radical (unpaired) electrons. The lowest BCUT2D eigenvalue weighted by atomic mass is 9.82. The summed E-state index contributed by atoms with van der Waals surface area (Å²) < 4.78 is 13.0. The van der Waals surface area contributed by atoms with Crippen molar-refractivity contribution in [3.05, 3.63) is 66.0 Å². The van der Waals surface area contributed by atoms with Crippen LogP contribution in [0.4, 0.5) is 10.1 Å². The van der Waals surface area contributed by atoms with E-state index in [2.05, 4.69) is 0 Å². The van der Waals surface area contributed by atoms with Crippen molar-refractivity contribution in [1.82, 2.24) is 0 Å². The molecule has 0 bridgehead atoms. The van der Waals surface area contributed by atoms with Gasteiger partial charge < -0.3 is 10.0 Å². The van der Waals surface area contributed by atoms with Crippen LogP contribution in [0.3, 0.4) is 0 Å². The first-order chi connectivity index (χ1) is 9.55. The van der Waals surface area contributed by atoms with Crippen LogP contribution in [0.15, 0.2) is 54.6 Å². The molecule has 0 aliphatic heterocycles. The first-order valence-corrected chi connectivity index (χ1v) is 6.68. The highest BCUT2D eigenvalue weighted by atomic mass is 19.1. The molecule has 0 saturated carbocycles. The number of likely N-dealkylation sites (N-methyl/N-ethyl adjacent to an activating group) is 1. The third kappa shape index (κ3) is 3.17. The summed E-state index contributed by atoms with van der Waals surface area (Å²) in [5.41, 5.74) is 1.67. The van der Waals surface area contributed by atoms with Crippen LogP contribution in [0.2, 0.25) is 0 Å². The summed E-state index contributed by atoms with van der Waals surface area (Å²) in [5.74, 6) is -0.241. The number of halogens is 1. The molecular weight excluding hydrogens is 253 g/mol. The summed E-state index contributed by atoms with van der Waals surface area (Å²) in [5, 5.41) is 9.79. The fourth-order valence-corrected chi connectivity index (χ4v) is 2.38. The van der Waals surface area contributed by atoms with E-state index in [-0.39, 0.29) is 17.8 Å². The third-order valence-corrected chi connectivity index (χ3v) is 3.67. The van der Waals surface area contributed by atoms with Crippen LogP contribution in [0.1, 0.15) is 12.5 Å². The Balaban J connectivity index is 2.19. The fraction of sp³-hybridized carbons (Fsp3) is 0.294. The van der Waals surface area contributed by atoms with Gasteiger partial charge in [0.1, 0.15) is 5.82 Å². The van der Waals surface area contributed by atoms with Crippen molar-refractivity contribution >= 4 is 5.69 Å². The lowest BCUT2D eigenvalue weighted by Crippen LogP contribution is -2.39. The van der Waals surface area contributed by atoms with Crippen LogP contribution in [0.25, 0.3) is 0 Å². The lowest BCUT2D eigenvalue weighted by molar-refractivity contribution is 0.209. The predicted octanol–water partition coefficient (Wildman–Crippen LogP) is 3.21. The van der Waals surface area contributed by atoms with Gasteiger partial charge in [-0.15, -0.1) is 0 Å². The van der Waals surface area contributed by atoms with Gasteiger partial charge in [0.2, 0.25) is 0 Å². The summed E-state index contributed by atoms with van der Waals surface area (Å²) in [7, 11) is 1.95. The Kier molecular flexibility index (Phi) is 4.40. The highest BCUT2D eigenvalue weighted by molar-refractivity contribution is 5.46. The van der Waals surface area contributed by atoms with Gasteiger partial charge in [-0.3, -0.25) is 0 Å². The smallest absolute Gasteiger partial charge is 0.123 e. The van der Waals surface area contributed by atoms with E-state index in [1.165, 1.54) is 12.1 Å². The van der Waals surface area contributed by atoms with Gasteiger partial charge in [0.25, 0.3) is 0 Å². The summed E-state index contributed by atoms with van der Waals surface area (Å²) >= 11 is 0. The van der Waals surface area contributed by atoms with E-state index in [1.54, 1.807) is 12.1 Å². The van der Waals surface area contributed by atoms with Crippen LogP contribution < -0.4 is 4.90 Å². The largest absolute Gasteiger partial charge is 0.395 e. The molecule has 20 heavy (non-hydrogen) atoms. The van der Waals surface area contributed by atoms with Crippen LogP contribution in [0, 0.1) is 5.82 Å². The summed E-state index contributed by atoms with van der Waals surface area (Å²) in [4.78, 5) is 2.03.